The Morgan fingerprint density at radius 1 is 1.17 bits per heavy atom. The Labute approximate surface area is 114 Å². The van der Waals surface area contributed by atoms with Gasteiger partial charge in [0.15, 0.2) is 0 Å². The third-order valence-electron chi connectivity index (χ3n) is 4.71. The number of carbonyl (C=O) groups is 1. The van der Waals surface area contributed by atoms with Gasteiger partial charge in [-0.2, -0.15) is 0 Å². The van der Waals surface area contributed by atoms with E-state index in [-0.39, 0.29) is 0 Å². The first kappa shape index (κ1) is 15.7. The van der Waals surface area contributed by atoms with E-state index in [2.05, 4.69) is 27.7 Å². The normalized spacial score (nSPS) is 28.6. The van der Waals surface area contributed by atoms with Crippen molar-refractivity contribution in [3.8, 4) is 0 Å². The van der Waals surface area contributed by atoms with Crippen LogP contribution in [0.1, 0.15) is 79.1 Å². The second-order valence-electron chi connectivity index (χ2n) is 6.71. The number of unbranched alkanes of at least 4 members (excludes halogenated alkanes) is 3. The summed E-state index contributed by atoms with van der Waals surface area (Å²) in [7, 11) is 0. The molecule has 0 aliphatic heterocycles. The molecule has 3 atom stereocenters. The minimum atomic E-state index is 0.371. The fourth-order valence-electron chi connectivity index (χ4n) is 3.48. The number of Topliss-reactive ketones (excluding diaryl/α,β-unsaturated/α-hetero) is 1. The van der Waals surface area contributed by atoms with Gasteiger partial charge in [-0.1, -0.05) is 53.4 Å². The van der Waals surface area contributed by atoms with Crippen molar-refractivity contribution in [3.05, 3.63) is 0 Å². The zero-order chi connectivity index (χ0) is 13.5. The molecule has 1 nitrogen and oxygen atoms in total. The monoisotopic (exact) mass is 252 g/mol. The maximum absolute atomic E-state index is 12.4. The van der Waals surface area contributed by atoms with Crippen LogP contribution in [0.3, 0.4) is 0 Å². The van der Waals surface area contributed by atoms with Gasteiger partial charge in [0.05, 0.1) is 0 Å². The summed E-state index contributed by atoms with van der Waals surface area (Å²) < 4.78 is 0. The zero-order valence-electron chi connectivity index (χ0n) is 12.9. The summed E-state index contributed by atoms with van der Waals surface area (Å²) in [5.41, 5.74) is 0. The van der Waals surface area contributed by atoms with Crippen LogP contribution < -0.4 is 0 Å². The smallest absolute Gasteiger partial charge is 0.136 e. The van der Waals surface area contributed by atoms with E-state index >= 15 is 0 Å². The van der Waals surface area contributed by atoms with E-state index in [1.54, 1.807) is 0 Å². The molecule has 1 aliphatic rings. The summed E-state index contributed by atoms with van der Waals surface area (Å²) in [6, 6.07) is 0. The number of rotatable bonds is 7. The predicted molar refractivity (Wildman–Crippen MR) is 78.6 cm³/mol. The van der Waals surface area contributed by atoms with Gasteiger partial charge in [0, 0.05) is 12.3 Å². The van der Waals surface area contributed by atoms with Crippen LogP contribution in [0, 0.1) is 23.7 Å². The van der Waals surface area contributed by atoms with Crippen molar-refractivity contribution in [2.24, 2.45) is 23.7 Å². The molecule has 0 aromatic heterocycles. The fourth-order valence-corrected chi connectivity index (χ4v) is 3.48. The Kier molecular flexibility index (Phi) is 6.96. The lowest BCUT2D eigenvalue weighted by atomic mass is 9.68. The van der Waals surface area contributed by atoms with Gasteiger partial charge in [-0.25, -0.2) is 0 Å². The van der Waals surface area contributed by atoms with Crippen LogP contribution in [0.4, 0.5) is 0 Å². The van der Waals surface area contributed by atoms with Crippen molar-refractivity contribution in [2.45, 2.75) is 79.1 Å². The topological polar surface area (TPSA) is 17.1 Å². The Hall–Kier alpha value is -0.330. The summed E-state index contributed by atoms with van der Waals surface area (Å²) in [5.74, 6) is 3.01. The first-order valence-corrected chi connectivity index (χ1v) is 8.09. The molecular weight excluding hydrogens is 220 g/mol. The predicted octanol–water partition coefficient (Wildman–Crippen LogP) is 5.23. The zero-order valence-corrected chi connectivity index (χ0v) is 12.9. The van der Waals surface area contributed by atoms with Gasteiger partial charge in [0.25, 0.3) is 0 Å². The van der Waals surface area contributed by atoms with Crippen molar-refractivity contribution in [3.63, 3.8) is 0 Å². The second kappa shape index (κ2) is 7.96. The summed E-state index contributed by atoms with van der Waals surface area (Å²) >= 11 is 0. The molecular formula is C17H32O. The molecule has 1 heteroatoms. The first-order valence-electron chi connectivity index (χ1n) is 8.09. The van der Waals surface area contributed by atoms with E-state index in [9.17, 15) is 4.79 Å². The average Bonchev–Trinajstić information content (AvgIpc) is 2.34. The molecule has 0 unspecified atom stereocenters. The molecule has 1 fully saturated rings. The number of hydrogen-bond acceptors (Lipinski definition) is 1. The first-order chi connectivity index (χ1) is 8.56. The van der Waals surface area contributed by atoms with E-state index < -0.39 is 0 Å². The van der Waals surface area contributed by atoms with Crippen molar-refractivity contribution in [1.82, 2.24) is 0 Å². The van der Waals surface area contributed by atoms with E-state index in [1.165, 1.54) is 32.1 Å². The summed E-state index contributed by atoms with van der Waals surface area (Å²) in [4.78, 5) is 12.4. The van der Waals surface area contributed by atoms with Gasteiger partial charge in [-0.15, -0.1) is 0 Å². The van der Waals surface area contributed by atoms with Crippen LogP contribution in [-0.2, 0) is 4.79 Å². The highest BCUT2D eigenvalue weighted by atomic mass is 16.1. The van der Waals surface area contributed by atoms with Crippen molar-refractivity contribution >= 4 is 5.78 Å². The summed E-state index contributed by atoms with van der Waals surface area (Å²) in [5, 5.41) is 0. The van der Waals surface area contributed by atoms with Gasteiger partial charge in [-0.3, -0.25) is 4.79 Å². The largest absolute Gasteiger partial charge is 0.299 e. The molecule has 1 rings (SSSR count). The number of ketones is 1. The van der Waals surface area contributed by atoms with Crippen molar-refractivity contribution < 1.29 is 4.79 Å². The molecule has 0 spiro atoms. The van der Waals surface area contributed by atoms with Crippen molar-refractivity contribution in [2.75, 3.05) is 0 Å². The molecule has 0 heterocycles. The van der Waals surface area contributed by atoms with Crippen LogP contribution in [-0.4, -0.2) is 5.78 Å². The Morgan fingerprint density at radius 2 is 1.89 bits per heavy atom. The van der Waals surface area contributed by atoms with E-state index in [1.807, 2.05) is 0 Å². The lowest BCUT2D eigenvalue weighted by Gasteiger charge is -2.36. The maximum Gasteiger partial charge on any atom is 0.136 e. The molecule has 1 saturated carbocycles. The molecule has 1 aliphatic carbocycles. The van der Waals surface area contributed by atoms with Gasteiger partial charge < -0.3 is 0 Å². The molecule has 0 aromatic rings. The SMILES string of the molecule is CCCCCCC(=O)[C@@H]1C[C@H](C)CC[C@H]1C(C)C. The van der Waals surface area contributed by atoms with E-state index in [4.69, 9.17) is 0 Å². The maximum atomic E-state index is 12.4. The molecule has 0 saturated heterocycles. The van der Waals surface area contributed by atoms with Gasteiger partial charge in [0.2, 0.25) is 0 Å². The molecule has 18 heavy (non-hydrogen) atoms. The quantitative estimate of drug-likeness (QED) is 0.567. The second-order valence-corrected chi connectivity index (χ2v) is 6.71. The van der Waals surface area contributed by atoms with Crippen molar-refractivity contribution in [1.29, 1.82) is 0 Å². The molecule has 0 bridgehead atoms. The number of carbonyl (C=O) groups excluding carboxylic acids is 1. The molecule has 0 N–H and O–H groups in total. The molecule has 0 aromatic carbocycles. The summed E-state index contributed by atoms with van der Waals surface area (Å²) in [6.45, 7) is 9.11. The molecule has 0 amide bonds. The highest BCUT2D eigenvalue weighted by Gasteiger charge is 2.34. The Morgan fingerprint density at radius 3 is 2.50 bits per heavy atom. The lowest BCUT2D eigenvalue weighted by molar-refractivity contribution is -0.127. The highest BCUT2D eigenvalue weighted by molar-refractivity contribution is 5.81. The molecule has 106 valence electrons. The van der Waals surface area contributed by atoms with E-state index in [0.717, 1.165) is 25.2 Å². The lowest BCUT2D eigenvalue weighted by Crippen LogP contribution is -2.33. The van der Waals surface area contributed by atoms with Gasteiger partial charge in [-0.05, 0) is 37.0 Å². The van der Waals surface area contributed by atoms with Crippen LogP contribution in [0.5, 0.6) is 0 Å². The Balaban J connectivity index is 2.45. The average molecular weight is 252 g/mol. The van der Waals surface area contributed by atoms with Crippen LogP contribution in [0.2, 0.25) is 0 Å². The third kappa shape index (κ3) is 4.74. The highest BCUT2D eigenvalue weighted by Crippen LogP contribution is 2.39. The van der Waals surface area contributed by atoms with Crippen LogP contribution in [0.25, 0.3) is 0 Å². The number of hydrogen-bond donors (Lipinski definition) is 0. The Bertz CT molecular complexity index is 244. The van der Waals surface area contributed by atoms with Crippen LogP contribution >= 0.6 is 0 Å². The minimum absolute atomic E-state index is 0.371. The standard InChI is InChI=1S/C17H32O/c1-5-6-7-8-9-17(18)16-12-14(4)10-11-15(16)13(2)3/h13-16H,5-12H2,1-4H3/t14-,15+,16-/m1/s1. The molecule has 0 radical (unpaired) electrons. The van der Waals surface area contributed by atoms with Crippen LogP contribution in [0.15, 0.2) is 0 Å². The minimum Gasteiger partial charge on any atom is -0.299 e. The summed E-state index contributed by atoms with van der Waals surface area (Å²) in [6.07, 6.45) is 9.45. The fraction of sp³-hybridized carbons (Fsp3) is 0.941. The third-order valence-corrected chi connectivity index (χ3v) is 4.71. The van der Waals surface area contributed by atoms with Gasteiger partial charge >= 0.3 is 0 Å². The van der Waals surface area contributed by atoms with E-state index in [0.29, 0.717) is 23.5 Å². The van der Waals surface area contributed by atoms with Gasteiger partial charge in [0.1, 0.15) is 5.78 Å².